The molecular weight excluding hydrogens is 675 g/mol. The first-order valence-corrected chi connectivity index (χ1v) is 19.5. The van der Waals surface area contributed by atoms with Crippen molar-refractivity contribution in [3.05, 3.63) is 223 Å². The van der Waals surface area contributed by atoms with Gasteiger partial charge in [-0.1, -0.05) is 190 Å². The summed E-state index contributed by atoms with van der Waals surface area (Å²) in [6.45, 7) is 4.71. The van der Waals surface area contributed by atoms with Crippen molar-refractivity contribution in [2.45, 2.75) is 19.3 Å². The minimum atomic E-state index is -0.107. The molecule has 0 saturated carbocycles. The lowest BCUT2D eigenvalue weighted by molar-refractivity contribution is 0.660. The predicted octanol–water partition coefficient (Wildman–Crippen LogP) is 15.3. The summed E-state index contributed by atoms with van der Waals surface area (Å²) in [5.41, 5.74) is 18.3. The highest BCUT2D eigenvalue weighted by Gasteiger charge is 2.37. The van der Waals surface area contributed by atoms with Gasteiger partial charge in [-0.05, 0) is 108 Å². The third-order valence-electron chi connectivity index (χ3n) is 11.7. The molecule has 0 aliphatic heterocycles. The van der Waals surface area contributed by atoms with Crippen LogP contribution in [0.3, 0.4) is 0 Å². The SMILES string of the molecule is CC1(C)c2ccccc2-c2c(N(c3cccc(-c4ccc(-c5ccccc5)cc4)c3)c3cccc(-c4ccc(-c5ccc6ccccc6c5)cc4)c3)cccc21. The number of anilines is 3. The summed E-state index contributed by atoms with van der Waals surface area (Å²) in [6.07, 6.45) is 0. The van der Waals surface area contributed by atoms with Crippen LogP contribution in [-0.4, -0.2) is 0 Å². The van der Waals surface area contributed by atoms with Crippen molar-refractivity contribution in [3.63, 3.8) is 0 Å². The maximum atomic E-state index is 2.46. The molecule has 1 aliphatic rings. The summed E-state index contributed by atoms with van der Waals surface area (Å²) in [5.74, 6) is 0. The Morgan fingerprint density at radius 3 is 1.41 bits per heavy atom. The first-order chi connectivity index (χ1) is 27.5. The zero-order valence-corrected chi connectivity index (χ0v) is 31.7. The number of benzene rings is 9. The smallest absolute Gasteiger partial charge is 0.0543 e. The third kappa shape index (κ3) is 5.90. The van der Waals surface area contributed by atoms with Crippen molar-refractivity contribution < 1.29 is 0 Å². The van der Waals surface area contributed by atoms with Crippen LogP contribution in [0.2, 0.25) is 0 Å². The standard InChI is InChI=1S/C55H41N/c1-55(2)51-22-9-8-21-50(51)54-52(55)23-12-24-53(54)56(48-19-10-17-45(36-48)41-27-25-40(26-28-41)38-13-4-3-5-14-38)49-20-11-18-46(37-49)42-29-31-43(32-30-42)47-34-33-39-15-6-7-16-44(39)35-47/h3-37H,1-2H3. The van der Waals surface area contributed by atoms with Gasteiger partial charge >= 0.3 is 0 Å². The van der Waals surface area contributed by atoms with E-state index in [1.165, 1.54) is 83.2 Å². The number of fused-ring (bicyclic) bond motifs is 4. The van der Waals surface area contributed by atoms with Crippen molar-refractivity contribution in [1.29, 1.82) is 0 Å². The van der Waals surface area contributed by atoms with Gasteiger partial charge in [-0.2, -0.15) is 0 Å². The predicted molar refractivity (Wildman–Crippen MR) is 238 cm³/mol. The second kappa shape index (κ2) is 13.7. The van der Waals surface area contributed by atoms with Crippen molar-refractivity contribution >= 4 is 27.8 Å². The van der Waals surface area contributed by atoms with Crippen molar-refractivity contribution in [2.75, 3.05) is 4.90 Å². The monoisotopic (exact) mass is 715 g/mol. The lowest BCUT2D eigenvalue weighted by atomic mass is 9.82. The largest absolute Gasteiger partial charge is 0.310 e. The Hall–Kier alpha value is -6.96. The van der Waals surface area contributed by atoms with Gasteiger partial charge in [0.2, 0.25) is 0 Å². The van der Waals surface area contributed by atoms with Crippen LogP contribution < -0.4 is 4.90 Å². The summed E-state index contributed by atoms with van der Waals surface area (Å²) < 4.78 is 0. The van der Waals surface area contributed by atoms with Gasteiger partial charge in [0.25, 0.3) is 0 Å². The summed E-state index contributed by atoms with van der Waals surface area (Å²) in [6, 6.07) is 77.6. The van der Waals surface area contributed by atoms with E-state index < -0.39 is 0 Å². The Morgan fingerprint density at radius 1 is 0.321 bits per heavy atom. The fraction of sp³-hybridized carbons (Fsp3) is 0.0545. The molecule has 9 aromatic carbocycles. The molecule has 0 amide bonds. The second-order valence-corrected chi connectivity index (χ2v) is 15.4. The number of rotatable bonds is 7. The van der Waals surface area contributed by atoms with Crippen LogP contribution in [0.4, 0.5) is 17.1 Å². The van der Waals surface area contributed by atoms with Gasteiger partial charge in [0.15, 0.2) is 0 Å². The molecule has 0 atom stereocenters. The van der Waals surface area contributed by atoms with Gasteiger partial charge in [0, 0.05) is 22.4 Å². The Bertz CT molecular complexity index is 2860. The van der Waals surface area contributed by atoms with Crippen molar-refractivity contribution in [3.8, 4) is 55.6 Å². The molecule has 56 heavy (non-hydrogen) atoms. The summed E-state index contributed by atoms with van der Waals surface area (Å²) in [7, 11) is 0. The van der Waals surface area contributed by atoms with Crippen LogP contribution in [0, 0.1) is 0 Å². The van der Waals surface area contributed by atoms with E-state index in [9.17, 15) is 0 Å². The summed E-state index contributed by atoms with van der Waals surface area (Å²) in [4.78, 5) is 2.46. The maximum Gasteiger partial charge on any atom is 0.0543 e. The van der Waals surface area contributed by atoms with E-state index in [-0.39, 0.29) is 5.41 Å². The average Bonchev–Trinajstić information content (AvgIpc) is 3.50. The lowest BCUT2D eigenvalue weighted by Gasteiger charge is -2.29. The number of hydrogen-bond donors (Lipinski definition) is 0. The fourth-order valence-electron chi connectivity index (χ4n) is 8.71. The third-order valence-corrected chi connectivity index (χ3v) is 11.7. The minimum absolute atomic E-state index is 0.107. The van der Waals surface area contributed by atoms with E-state index in [0.29, 0.717) is 0 Å². The Balaban J connectivity index is 1.08. The number of nitrogens with zero attached hydrogens (tertiary/aromatic N) is 1. The number of hydrogen-bond acceptors (Lipinski definition) is 1. The van der Waals surface area contributed by atoms with Gasteiger partial charge < -0.3 is 4.90 Å². The molecule has 1 nitrogen and oxygen atoms in total. The Morgan fingerprint density at radius 2 is 0.768 bits per heavy atom. The van der Waals surface area contributed by atoms with Crippen LogP contribution in [-0.2, 0) is 5.41 Å². The highest BCUT2D eigenvalue weighted by Crippen LogP contribution is 2.54. The molecule has 0 aromatic heterocycles. The molecule has 9 aromatic rings. The molecule has 0 fully saturated rings. The molecule has 0 radical (unpaired) electrons. The van der Waals surface area contributed by atoms with Gasteiger partial charge in [-0.15, -0.1) is 0 Å². The van der Waals surface area contributed by atoms with Gasteiger partial charge in [-0.25, -0.2) is 0 Å². The van der Waals surface area contributed by atoms with Crippen LogP contribution in [0.5, 0.6) is 0 Å². The van der Waals surface area contributed by atoms with E-state index in [2.05, 4.69) is 231 Å². The van der Waals surface area contributed by atoms with Crippen LogP contribution in [0.25, 0.3) is 66.4 Å². The Kier molecular flexibility index (Phi) is 8.23. The zero-order chi connectivity index (χ0) is 37.6. The molecule has 0 heterocycles. The molecule has 0 spiro atoms. The molecule has 266 valence electrons. The maximum absolute atomic E-state index is 2.46. The van der Waals surface area contributed by atoms with Crippen molar-refractivity contribution in [2.24, 2.45) is 0 Å². The van der Waals surface area contributed by atoms with E-state index in [4.69, 9.17) is 0 Å². The average molecular weight is 716 g/mol. The fourth-order valence-corrected chi connectivity index (χ4v) is 8.71. The molecule has 10 rings (SSSR count). The van der Waals surface area contributed by atoms with E-state index in [1.54, 1.807) is 0 Å². The van der Waals surface area contributed by atoms with E-state index >= 15 is 0 Å². The van der Waals surface area contributed by atoms with Crippen LogP contribution in [0.1, 0.15) is 25.0 Å². The lowest BCUT2D eigenvalue weighted by Crippen LogP contribution is -2.16. The molecule has 0 saturated heterocycles. The van der Waals surface area contributed by atoms with E-state index in [1.807, 2.05) is 0 Å². The van der Waals surface area contributed by atoms with Gasteiger partial charge in [0.1, 0.15) is 0 Å². The molecule has 0 N–H and O–H groups in total. The normalized spacial score (nSPS) is 12.6. The summed E-state index contributed by atoms with van der Waals surface area (Å²) in [5, 5.41) is 2.52. The molecule has 0 bridgehead atoms. The topological polar surface area (TPSA) is 3.24 Å². The first kappa shape index (κ1) is 33.6. The van der Waals surface area contributed by atoms with E-state index in [0.717, 1.165) is 11.4 Å². The summed E-state index contributed by atoms with van der Waals surface area (Å²) >= 11 is 0. The van der Waals surface area contributed by atoms with Gasteiger partial charge in [0.05, 0.1) is 5.69 Å². The quantitative estimate of drug-likeness (QED) is 0.159. The van der Waals surface area contributed by atoms with Gasteiger partial charge in [-0.3, -0.25) is 0 Å². The molecule has 0 unspecified atom stereocenters. The second-order valence-electron chi connectivity index (χ2n) is 15.4. The van der Waals surface area contributed by atoms with Crippen LogP contribution in [0.15, 0.2) is 212 Å². The highest BCUT2D eigenvalue weighted by molar-refractivity contribution is 5.96. The molecule has 1 heteroatoms. The first-order valence-electron chi connectivity index (χ1n) is 19.5. The Labute approximate surface area is 329 Å². The minimum Gasteiger partial charge on any atom is -0.310 e. The molecular formula is C55H41N. The molecule has 1 aliphatic carbocycles. The highest BCUT2D eigenvalue weighted by atomic mass is 15.1. The van der Waals surface area contributed by atoms with Crippen LogP contribution >= 0.6 is 0 Å². The zero-order valence-electron chi connectivity index (χ0n) is 31.7. The van der Waals surface area contributed by atoms with Crippen molar-refractivity contribution in [1.82, 2.24) is 0 Å².